The lowest BCUT2D eigenvalue weighted by Gasteiger charge is -2.14. The third kappa shape index (κ3) is 5.95. The molecule has 40 heavy (non-hydrogen) atoms. The summed E-state index contributed by atoms with van der Waals surface area (Å²) in [6.07, 6.45) is 2.30. The average Bonchev–Trinajstić information content (AvgIpc) is 3.20. The highest BCUT2D eigenvalue weighted by atomic mass is 79.9. The highest BCUT2D eigenvalue weighted by Crippen LogP contribution is 2.36. The molecule has 0 atom stereocenters. The number of carbonyl (C=O) groups excluding carboxylic acids is 3. The molecule has 4 aromatic carbocycles. The minimum absolute atomic E-state index is 0.0787. The van der Waals surface area contributed by atoms with E-state index in [1.165, 1.54) is 0 Å². The molecule has 9 heteroatoms. The van der Waals surface area contributed by atoms with Crippen molar-refractivity contribution in [1.82, 2.24) is 10.2 Å². The molecule has 4 aromatic rings. The summed E-state index contributed by atoms with van der Waals surface area (Å²) >= 11 is 7.13. The molecule has 1 aliphatic rings. The zero-order valence-electron chi connectivity index (χ0n) is 21.5. The molecule has 2 N–H and O–H groups in total. The molecule has 1 aliphatic heterocycles. The Morgan fingerprint density at radius 2 is 1.62 bits per heavy atom. The van der Waals surface area contributed by atoms with E-state index in [0.717, 1.165) is 33.2 Å². The molecular weight excluding hydrogens is 638 g/mol. The van der Waals surface area contributed by atoms with Gasteiger partial charge in [-0.3, -0.25) is 9.59 Å². The number of urea groups is 1. The van der Waals surface area contributed by atoms with Crippen molar-refractivity contribution in [2.24, 2.45) is 0 Å². The van der Waals surface area contributed by atoms with Crippen LogP contribution in [0.2, 0.25) is 0 Å². The van der Waals surface area contributed by atoms with Gasteiger partial charge in [0.15, 0.2) is 0 Å². The number of aryl methyl sites for hydroxylation is 1. The largest absolute Gasteiger partial charge is 0.487 e. The summed E-state index contributed by atoms with van der Waals surface area (Å²) in [5.74, 6) is -0.418. The highest BCUT2D eigenvalue weighted by molar-refractivity contribution is 9.11. The Kier molecular flexibility index (Phi) is 8.32. The van der Waals surface area contributed by atoms with Crippen molar-refractivity contribution in [3.8, 4) is 5.75 Å². The van der Waals surface area contributed by atoms with E-state index >= 15 is 0 Å². The van der Waals surface area contributed by atoms with Gasteiger partial charge < -0.3 is 15.4 Å². The first kappa shape index (κ1) is 27.6. The van der Waals surface area contributed by atoms with Gasteiger partial charge in [0.05, 0.1) is 8.95 Å². The van der Waals surface area contributed by atoms with E-state index in [1.807, 2.05) is 49.4 Å². The summed E-state index contributed by atoms with van der Waals surface area (Å²) < 4.78 is 7.50. The van der Waals surface area contributed by atoms with Crippen LogP contribution in [0, 0.1) is 0 Å². The summed E-state index contributed by atoms with van der Waals surface area (Å²) in [7, 11) is 0. The van der Waals surface area contributed by atoms with Crippen molar-refractivity contribution >= 4 is 72.2 Å². The Balaban J connectivity index is 1.28. The number of imide groups is 1. The number of fused-ring (bicyclic) bond motifs is 1. The number of para-hydroxylation sites is 1. The van der Waals surface area contributed by atoms with Gasteiger partial charge in [0.2, 0.25) is 5.91 Å². The topological polar surface area (TPSA) is 87.7 Å². The molecule has 0 radical (unpaired) electrons. The molecular formula is C31H25Br2N3O4. The zero-order chi connectivity index (χ0) is 28.2. The van der Waals surface area contributed by atoms with Crippen molar-refractivity contribution < 1.29 is 19.1 Å². The van der Waals surface area contributed by atoms with E-state index < -0.39 is 24.4 Å². The first-order valence-electron chi connectivity index (χ1n) is 12.6. The lowest BCUT2D eigenvalue weighted by atomic mass is 10.1. The van der Waals surface area contributed by atoms with Crippen LogP contribution in [0.5, 0.6) is 5.75 Å². The van der Waals surface area contributed by atoms with Crippen LogP contribution in [0.4, 0.5) is 10.5 Å². The van der Waals surface area contributed by atoms with E-state index in [2.05, 4.69) is 60.7 Å². The summed E-state index contributed by atoms with van der Waals surface area (Å²) in [5, 5.41) is 7.63. The second-order valence-electron chi connectivity index (χ2n) is 9.18. The fourth-order valence-electron chi connectivity index (χ4n) is 4.53. The standard InChI is InChI=1S/C31H25Br2N3O4/c1-2-20-8-4-6-13-26(20)34-28(37)17-36-30(38)27(35-31(36)39)16-19-14-24(32)29(25(33)15-19)40-18-22-11-7-10-21-9-3-5-12-23(21)22/h3-16H,2,17-18H2,1H3,(H,34,37)(H,35,39)/b27-16+. The smallest absolute Gasteiger partial charge is 0.329 e. The van der Waals surface area contributed by atoms with Crippen molar-refractivity contribution in [3.63, 3.8) is 0 Å². The fraction of sp³-hybridized carbons (Fsp3) is 0.129. The Morgan fingerprint density at radius 1 is 0.950 bits per heavy atom. The average molecular weight is 663 g/mol. The van der Waals surface area contributed by atoms with Gasteiger partial charge in [-0.15, -0.1) is 0 Å². The van der Waals surface area contributed by atoms with E-state index in [4.69, 9.17) is 4.74 Å². The van der Waals surface area contributed by atoms with Crippen LogP contribution >= 0.6 is 31.9 Å². The van der Waals surface area contributed by atoms with Gasteiger partial charge in [-0.05, 0) is 90.0 Å². The van der Waals surface area contributed by atoms with Crippen LogP contribution in [0.25, 0.3) is 16.8 Å². The Morgan fingerprint density at radius 3 is 2.40 bits per heavy atom. The van der Waals surface area contributed by atoms with Crippen molar-refractivity contribution in [2.75, 3.05) is 11.9 Å². The number of anilines is 1. The van der Waals surface area contributed by atoms with Crippen molar-refractivity contribution in [1.29, 1.82) is 0 Å². The number of nitrogens with one attached hydrogen (secondary N) is 2. The summed E-state index contributed by atoms with van der Waals surface area (Å²) in [6, 6.07) is 24.6. The molecule has 5 rings (SSSR count). The van der Waals surface area contributed by atoms with Crippen LogP contribution in [-0.4, -0.2) is 29.3 Å². The van der Waals surface area contributed by atoms with Crippen molar-refractivity contribution in [3.05, 3.63) is 110 Å². The number of carbonyl (C=O) groups is 3. The maximum Gasteiger partial charge on any atom is 0.329 e. The number of nitrogens with zero attached hydrogens (tertiary/aromatic N) is 1. The molecule has 1 saturated heterocycles. The molecule has 4 amide bonds. The molecule has 7 nitrogen and oxygen atoms in total. The predicted octanol–water partition coefficient (Wildman–Crippen LogP) is 7.04. The van der Waals surface area contributed by atoms with Crippen LogP contribution in [-0.2, 0) is 22.6 Å². The number of hydrogen-bond donors (Lipinski definition) is 2. The Bertz CT molecular complexity index is 1640. The molecule has 202 valence electrons. The van der Waals surface area contributed by atoms with E-state index in [0.29, 0.717) is 32.6 Å². The normalized spacial score (nSPS) is 14.1. The quantitative estimate of drug-likeness (QED) is 0.157. The predicted molar refractivity (Wildman–Crippen MR) is 163 cm³/mol. The summed E-state index contributed by atoms with van der Waals surface area (Å²) in [6.45, 7) is 1.96. The lowest BCUT2D eigenvalue weighted by molar-refractivity contribution is -0.127. The van der Waals surface area contributed by atoms with Crippen molar-refractivity contribution in [2.45, 2.75) is 20.0 Å². The summed E-state index contributed by atoms with van der Waals surface area (Å²) in [4.78, 5) is 39.0. The van der Waals surface area contributed by atoms with Gasteiger partial charge in [-0.2, -0.15) is 0 Å². The molecule has 0 saturated carbocycles. The molecule has 0 aromatic heterocycles. The molecule has 1 heterocycles. The molecule has 0 spiro atoms. The monoisotopic (exact) mass is 661 g/mol. The third-order valence-corrected chi connectivity index (χ3v) is 7.70. The van der Waals surface area contributed by atoms with Gasteiger partial charge in [-0.25, -0.2) is 9.69 Å². The zero-order valence-corrected chi connectivity index (χ0v) is 24.7. The maximum atomic E-state index is 13.0. The number of ether oxygens (including phenoxy) is 1. The SMILES string of the molecule is CCc1ccccc1NC(=O)CN1C(=O)N/C(=C/c2cc(Br)c(OCc3cccc4ccccc34)c(Br)c2)C1=O. The number of benzene rings is 4. The van der Waals surface area contributed by atoms with Gasteiger partial charge in [0, 0.05) is 5.69 Å². The summed E-state index contributed by atoms with van der Waals surface area (Å²) in [5.41, 5.74) is 3.42. The number of hydrogen-bond acceptors (Lipinski definition) is 4. The van der Waals surface area contributed by atoms with E-state index in [-0.39, 0.29) is 5.70 Å². The minimum Gasteiger partial charge on any atom is -0.487 e. The number of rotatable bonds is 8. The highest BCUT2D eigenvalue weighted by Gasteiger charge is 2.35. The van der Waals surface area contributed by atoms with Crippen LogP contribution < -0.4 is 15.4 Å². The Hall–Kier alpha value is -3.95. The minimum atomic E-state index is -0.650. The molecule has 0 unspecified atom stereocenters. The Labute approximate surface area is 248 Å². The second kappa shape index (κ2) is 12.1. The maximum absolute atomic E-state index is 13.0. The fourth-order valence-corrected chi connectivity index (χ4v) is 5.99. The van der Waals surface area contributed by atoms with E-state index in [1.54, 1.807) is 24.3 Å². The molecule has 0 aliphatic carbocycles. The van der Waals surface area contributed by atoms with Gasteiger partial charge in [0.1, 0.15) is 24.6 Å². The molecule has 0 bridgehead atoms. The van der Waals surface area contributed by atoms with Gasteiger partial charge in [0.25, 0.3) is 5.91 Å². The van der Waals surface area contributed by atoms with Crippen LogP contribution in [0.3, 0.4) is 0 Å². The second-order valence-corrected chi connectivity index (χ2v) is 10.9. The molecule has 1 fully saturated rings. The van der Waals surface area contributed by atoms with Gasteiger partial charge >= 0.3 is 6.03 Å². The first-order chi connectivity index (χ1) is 19.3. The number of halogens is 2. The third-order valence-electron chi connectivity index (χ3n) is 6.52. The van der Waals surface area contributed by atoms with Crippen LogP contribution in [0.15, 0.2) is 93.5 Å². The lowest BCUT2D eigenvalue weighted by Crippen LogP contribution is -2.38. The van der Waals surface area contributed by atoms with Crippen LogP contribution in [0.1, 0.15) is 23.6 Å². The van der Waals surface area contributed by atoms with Gasteiger partial charge in [-0.1, -0.05) is 67.6 Å². The first-order valence-corrected chi connectivity index (χ1v) is 14.2. The van der Waals surface area contributed by atoms with E-state index in [9.17, 15) is 14.4 Å². The number of amides is 4.